The quantitative estimate of drug-likeness (QED) is 0.789. The highest BCUT2D eigenvalue weighted by atomic mass is 79.9. The Bertz CT molecular complexity index is 503. The number of hydrogen-bond donors (Lipinski definition) is 2. The Morgan fingerprint density at radius 3 is 2.81 bits per heavy atom. The molecule has 0 aliphatic carbocycles. The summed E-state index contributed by atoms with van der Waals surface area (Å²) < 4.78 is 27.7. The third kappa shape index (κ3) is 2.37. The van der Waals surface area contributed by atoms with Crippen LogP contribution in [0.5, 0.6) is 0 Å². The molecule has 0 saturated carbocycles. The molecule has 1 aliphatic heterocycles. The molecule has 1 aromatic carbocycles. The molecular formula is C9H12BrN3O2S. The van der Waals surface area contributed by atoms with Crippen molar-refractivity contribution in [2.24, 2.45) is 0 Å². The van der Waals surface area contributed by atoms with Crippen LogP contribution in [0, 0.1) is 0 Å². The zero-order chi connectivity index (χ0) is 11.8. The maximum absolute atomic E-state index is 11.5. The van der Waals surface area contributed by atoms with Gasteiger partial charge in [0.1, 0.15) is 0 Å². The molecule has 0 bridgehead atoms. The Labute approximate surface area is 103 Å². The summed E-state index contributed by atoms with van der Waals surface area (Å²) in [6.07, 6.45) is 0. The van der Waals surface area contributed by atoms with Crippen molar-refractivity contribution in [2.45, 2.75) is 6.54 Å². The average Bonchev–Trinajstić information content (AvgIpc) is 2.50. The van der Waals surface area contributed by atoms with Gasteiger partial charge in [-0.2, -0.15) is 12.7 Å². The van der Waals surface area contributed by atoms with Crippen LogP contribution in [0.25, 0.3) is 0 Å². The second-order valence-electron chi connectivity index (χ2n) is 3.58. The number of halogens is 1. The number of nitrogens with zero attached hydrogens (tertiary/aromatic N) is 1. The summed E-state index contributed by atoms with van der Waals surface area (Å²) >= 11 is 3.37. The van der Waals surface area contributed by atoms with E-state index in [1.165, 1.54) is 4.31 Å². The summed E-state index contributed by atoms with van der Waals surface area (Å²) in [5, 5.41) is 0. The van der Waals surface area contributed by atoms with Gasteiger partial charge in [0.05, 0.1) is 0 Å². The predicted octanol–water partition coefficient (Wildman–Crippen LogP) is 0.681. The normalized spacial score (nSPS) is 20.1. The number of nitrogens with two attached hydrogens (primary N) is 1. The van der Waals surface area contributed by atoms with Crippen LogP contribution in [0.2, 0.25) is 0 Å². The minimum atomic E-state index is -3.28. The Hall–Kier alpha value is -0.630. The molecule has 1 aliphatic rings. The highest BCUT2D eigenvalue weighted by molar-refractivity contribution is 9.10. The average molecular weight is 306 g/mol. The maximum Gasteiger partial charge on any atom is 0.279 e. The van der Waals surface area contributed by atoms with Crippen molar-refractivity contribution in [1.29, 1.82) is 0 Å². The Morgan fingerprint density at radius 1 is 1.50 bits per heavy atom. The topological polar surface area (TPSA) is 75.4 Å². The highest BCUT2D eigenvalue weighted by Gasteiger charge is 2.27. The molecule has 5 nitrogen and oxygen atoms in total. The van der Waals surface area contributed by atoms with Gasteiger partial charge in [-0.05, 0) is 17.7 Å². The van der Waals surface area contributed by atoms with Crippen molar-refractivity contribution in [2.75, 3.05) is 18.8 Å². The fraction of sp³-hybridized carbons (Fsp3) is 0.333. The number of hydrogen-bond acceptors (Lipinski definition) is 3. The summed E-state index contributed by atoms with van der Waals surface area (Å²) in [5.41, 5.74) is 7.17. The van der Waals surface area contributed by atoms with E-state index in [1.54, 1.807) is 12.1 Å². The van der Waals surface area contributed by atoms with E-state index >= 15 is 0 Å². The number of nitrogens with one attached hydrogen (secondary N) is 1. The van der Waals surface area contributed by atoms with Crippen molar-refractivity contribution < 1.29 is 8.42 Å². The van der Waals surface area contributed by atoms with Crippen LogP contribution < -0.4 is 10.5 Å². The van der Waals surface area contributed by atoms with Crippen LogP contribution in [0.3, 0.4) is 0 Å². The molecule has 1 saturated heterocycles. The van der Waals surface area contributed by atoms with Crippen LogP contribution in [0.1, 0.15) is 5.56 Å². The Morgan fingerprint density at radius 2 is 2.25 bits per heavy atom. The summed E-state index contributed by atoms with van der Waals surface area (Å²) in [4.78, 5) is 0. The second kappa shape index (κ2) is 4.33. The molecule has 3 N–H and O–H groups in total. The standard InChI is InChI=1S/C9H12BrN3O2S/c10-9-5-8(11)2-1-7(9)6-13-4-3-12-16(13,14)15/h1-2,5,12H,3-4,6,11H2. The summed E-state index contributed by atoms with van der Waals surface area (Å²) in [5.74, 6) is 0. The third-order valence-corrected chi connectivity index (χ3v) is 4.71. The number of nitrogen functional groups attached to an aromatic ring is 1. The molecule has 0 unspecified atom stereocenters. The minimum absolute atomic E-state index is 0.357. The van der Waals surface area contributed by atoms with Crippen molar-refractivity contribution >= 4 is 31.8 Å². The minimum Gasteiger partial charge on any atom is -0.399 e. The first-order valence-corrected chi connectivity index (χ1v) is 7.01. The van der Waals surface area contributed by atoms with E-state index < -0.39 is 10.2 Å². The van der Waals surface area contributed by atoms with Crippen LogP contribution in [0.15, 0.2) is 22.7 Å². The van der Waals surface area contributed by atoms with Crippen molar-refractivity contribution in [3.05, 3.63) is 28.2 Å². The molecule has 0 amide bonds. The highest BCUT2D eigenvalue weighted by Crippen LogP contribution is 2.22. The fourth-order valence-corrected chi connectivity index (χ4v) is 3.25. The first kappa shape index (κ1) is 11.8. The molecule has 1 aromatic rings. The smallest absolute Gasteiger partial charge is 0.279 e. The second-order valence-corrected chi connectivity index (χ2v) is 6.19. The van der Waals surface area contributed by atoms with Crippen molar-refractivity contribution in [3.63, 3.8) is 0 Å². The van der Waals surface area contributed by atoms with E-state index in [4.69, 9.17) is 5.73 Å². The fourth-order valence-electron chi connectivity index (χ4n) is 1.56. The molecule has 88 valence electrons. The molecule has 0 aromatic heterocycles. The van der Waals surface area contributed by atoms with E-state index in [0.29, 0.717) is 25.3 Å². The monoisotopic (exact) mass is 305 g/mol. The lowest BCUT2D eigenvalue weighted by molar-refractivity contribution is 0.445. The van der Waals surface area contributed by atoms with Gasteiger partial charge in [0.25, 0.3) is 10.2 Å². The molecule has 0 spiro atoms. The molecule has 1 heterocycles. The Kier molecular flexibility index (Phi) is 3.20. The van der Waals surface area contributed by atoms with Crippen LogP contribution >= 0.6 is 15.9 Å². The van der Waals surface area contributed by atoms with E-state index in [1.807, 2.05) is 6.07 Å². The zero-order valence-electron chi connectivity index (χ0n) is 8.48. The lowest BCUT2D eigenvalue weighted by Gasteiger charge is -2.14. The van der Waals surface area contributed by atoms with Gasteiger partial charge >= 0.3 is 0 Å². The first-order valence-electron chi connectivity index (χ1n) is 4.78. The van der Waals surface area contributed by atoms with Gasteiger partial charge in [-0.25, -0.2) is 4.72 Å². The van der Waals surface area contributed by atoms with E-state index in [9.17, 15) is 8.42 Å². The largest absolute Gasteiger partial charge is 0.399 e. The van der Waals surface area contributed by atoms with E-state index in [0.717, 1.165) is 10.0 Å². The van der Waals surface area contributed by atoms with Gasteiger partial charge in [0.15, 0.2) is 0 Å². The zero-order valence-corrected chi connectivity index (χ0v) is 10.9. The van der Waals surface area contributed by atoms with E-state index in [-0.39, 0.29) is 0 Å². The Balaban J connectivity index is 2.21. The predicted molar refractivity (Wildman–Crippen MR) is 65.9 cm³/mol. The number of anilines is 1. The molecule has 2 rings (SSSR count). The van der Waals surface area contributed by atoms with Gasteiger partial charge in [-0.1, -0.05) is 22.0 Å². The summed E-state index contributed by atoms with van der Waals surface area (Å²) in [7, 11) is -3.28. The maximum atomic E-state index is 11.5. The van der Waals surface area contributed by atoms with Crippen molar-refractivity contribution in [3.8, 4) is 0 Å². The van der Waals surface area contributed by atoms with E-state index in [2.05, 4.69) is 20.7 Å². The molecule has 1 fully saturated rings. The SMILES string of the molecule is Nc1ccc(CN2CCNS2(=O)=O)c(Br)c1. The lowest BCUT2D eigenvalue weighted by Crippen LogP contribution is -2.29. The molecule has 7 heteroatoms. The summed E-state index contributed by atoms with van der Waals surface area (Å²) in [6, 6.07) is 5.36. The molecular weight excluding hydrogens is 294 g/mol. The number of benzene rings is 1. The van der Waals surface area contributed by atoms with Crippen LogP contribution in [-0.2, 0) is 16.8 Å². The molecule has 0 radical (unpaired) electrons. The van der Waals surface area contributed by atoms with Gasteiger partial charge in [0.2, 0.25) is 0 Å². The lowest BCUT2D eigenvalue weighted by atomic mass is 10.2. The van der Waals surface area contributed by atoms with Crippen LogP contribution in [-0.4, -0.2) is 25.8 Å². The van der Waals surface area contributed by atoms with Gasteiger partial charge < -0.3 is 5.73 Å². The number of rotatable bonds is 2. The van der Waals surface area contributed by atoms with Gasteiger partial charge in [-0.15, -0.1) is 0 Å². The molecule has 0 atom stereocenters. The molecule has 16 heavy (non-hydrogen) atoms. The first-order chi connectivity index (χ1) is 7.49. The third-order valence-electron chi connectivity index (χ3n) is 2.41. The van der Waals surface area contributed by atoms with Gasteiger partial charge in [0, 0.05) is 29.8 Å². The van der Waals surface area contributed by atoms with Crippen LogP contribution in [0.4, 0.5) is 5.69 Å². The summed E-state index contributed by atoms with van der Waals surface area (Å²) in [6.45, 7) is 1.32. The van der Waals surface area contributed by atoms with Crippen molar-refractivity contribution in [1.82, 2.24) is 9.03 Å². The van der Waals surface area contributed by atoms with Gasteiger partial charge in [-0.3, -0.25) is 0 Å².